The maximum Gasteiger partial charge on any atom is 0.267 e. The second-order valence-corrected chi connectivity index (χ2v) is 7.49. The summed E-state index contributed by atoms with van der Waals surface area (Å²) in [4.78, 5) is 26.9. The molecule has 3 aromatic carbocycles. The first-order valence-corrected chi connectivity index (χ1v) is 10.3. The summed E-state index contributed by atoms with van der Waals surface area (Å²) < 4.78 is 11.5. The van der Waals surface area contributed by atoms with Crippen molar-refractivity contribution >= 4 is 34.8 Å². The summed E-state index contributed by atoms with van der Waals surface area (Å²) in [6.07, 6.45) is -0.598. The quantitative estimate of drug-likeness (QED) is 0.603. The lowest BCUT2D eigenvalue weighted by molar-refractivity contribution is -0.125. The van der Waals surface area contributed by atoms with Gasteiger partial charge in [0.1, 0.15) is 18.1 Å². The van der Waals surface area contributed by atoms with E-state index in [1.54, 1.807) is 54.3 Å². The number of anilines is 2. The van der Waals surface area contributed by atoms with Crippen molar-refractivity contribution in [1.82, 2.24) is 0 Å². The van der Waals surface area contributed by atoms with Crippen LogP contribution in [-0.2, 0) is 4.79 Å². The molecule has 0 fully saturated rings. The fourth-order valence-electron chi connectivity index (χ4n) is 3.29. The van der Waals surface area contributed by atoms with Gasteiger partial charge in [0.15, 0.2) is 6.10 Å². The first kappa shape index (κ1) is 20.8. The Balaban J connectivity index is 1.51. The number of nitrogens with one attached hydrogen (secondary N) is 1. The van der Waals surface area contributed by atoms with Gasteiger partial charge >= 0.3 is 0 Å². The van der Waals surface area contributed by atoms with E-state index in [1.165, 1.54) is 0 Å². The van der Waals surface area contributed by atoms with Gasteiger partial charge in [-0.25, -0.2) is 0 Å². The van der Waals surface area contributed by atoms with Crippen molar-refractivity contribution in [2.24, 2.45) is 0 Å². The van der Waals surface area contributed by atoms with E-state index in [0.29, 0.717) is 40.9 Å². The molecule has 31 heavy (non-hydrogen) atoms. The first-order valence-electron chi connectivity index (χ1n) is 9.88. The number of para-hydroxylation sites is 1. The maximum atomic E-state index is 12.8. The van der Waals surface area contributed by atoms with E-state index in [0.717, 1.165) is 5.75 Å². The maximum absolute atomic E-state index is 12.8. The zero-order valence-electron chi connectivity index (χ0n) is 16.9. The van der Waals surface area contributed by atoms with E-state index in [2.05, 4.69) is 5.32 Å². The van der Waals surface area contributed by atoms with Gasteiger partial charge in [-0.1, -0.05) is 29.8 Å². The van der Waals surface area contributed by atoms with Crippen molar-refractivity contribution in [1.29, 1.82) is 0 Å². The monoisotopic (exact) mass is 436 g/mol. The highest BCUT2D eigenvalue weighted by Gasteiger charge is 2.31. The first-order chi connectivity index (χ1) is 15.0. The minimum Gasteiger partial charge on any atom is -0.492 e. The molecule has 0 saturated carbocycles. The summed E-state index contributed by atoms with van der Waals surface area (Å²) in [5.41, 5.74) is 1.63. The smallest absolute Gasteiger partial charge is 0.267 e. The largest absolute Gasteiger partial charge is 0.492 e. The van der Waals surface area contributed by atoms with Gasteiger partial charge in [0.05, 0.1) is 12.2 Å². The molecule has 0 radical (unpaired) electrons. The van der Waals surface area contributed by atoms with Crippen LogP contribution in [0, 0.1) is 0 Å². The van der Waals surface area contributed by atoms with E-state index in [9.17, 15) is 9.59 Å². The average Bonchev–Trinajstić information content (AvgIpc) is 2.78. The van der Waals surface area contributed by atoms with Crippen LogP contribution in [0.4, 0.5) is 11.4 Å². The summed E-state index contributed by atoms with van der Waals surface area (Å²) >= 11 is 5.88. The van der Waals surface area contributed by atoms with Gasteiger partial charge in [-0.2, -0.15) is 0 Å². The molecule has 1 heterocycles. The molecule has 0 aromatic heterocycles. The molecule has 0 spiro atoms. The summed E-state index contributed by atoms with van der Waals surface area (Å²) in [5, 5.41) is 3.41. The second-order valence-electron chi connectivity index (χ2n) is 7.05. The minimum absolute atomic E-state index is 0.162. The van der Waals surface area contributed by atoms with Crippen LogP contribution >= 0.6 is 11.6 Å². The molecule has 1 atom stereocenters. The van der Waals surface area contributed by atoms with Crippen molar-refractivity contribution in [3.8, 4) is 11.5 Å². The number of halogens is 1. The van der Waals surface area contributed by atoms with Crippen LogP contribution in [-0.4, -0.2) is 31.1 Å². The van der Waals surface area contributed by atoms with Crippen LogP contribution in [0.2, 0.25) is 5.02 Å². The zero-order valence-corrected chi connectivity index (χ0v) is 17.6. The van der Waals surface area contributed by atoms with Crippen LogP contribution in [0.5, 0.6) is 11.5 Å². The third-order valence-corrected chi connectivity index (χ3v) is 5.11. The Morgan fingerprint density at radius 2 is 1.84 bits per heavy atom. The van der Waals surface area contributed by atoms with Crippen molar-refractivity contribution in [3.05, 3.63) is 83.4 Å². The summed E-state index contributed by atoms with van der Waals surface area (Å²) in [7, 11) is 0. The minimum atomic E-state index is -0.598. The lowest BCUT2D eigenvalue weighted by Crippen LogP contribution is -2.46. The van der Waals surface area contributed by atoms with Crippen molar-refractivity contribution in [2.75, 3.05) is 23.4 Å². The van der Waals surface area contributed by atoms with E-state index < -0.39 is 6.10 Å². The number of hydrogen-bond donors (Lipinski definition) is 1. The number of carbonyl (C=O) groups is 2. The zero-order chi connectivity index (χ0) is 21.8. The number of carbonyl (C=O) groups excluding carboxylic acids is 2. The fourth-order valence-corrected chi connectivity index (χ4v) is 3.42. The molecule has 6 nitrogen and oxygen atoms in total. The molecule has 2 amide bonds. The Labute approximate surface area is 185 Å². The highest BCUT2D eigenvalue weighted by Crippen LogP contribution is 2.36. The number of ether oxygens (including phenoxy) is 2. The van der Waals surface area contributed by atoms with E-state index in [1.807, 2.05) is 30.3 Å². The predicted molar refractivity (Wildman–Crippen MR) is 120 cm³/mol. The van der Waals surface area contributed by atoms with Gasteiger partial charge in [0.2, 0.25) is 0 Å². The topological polar surface area (TPSA) is 67.9 Å². The van der Waals surface area contributed by atoms with E-state index >= 15 is 0 Å². The number of amides is 2. The van der Waals surface area contributed by atoms with Crippen LogP contribution in [0.15, 0.2) is 72.8 Å². The summed E-state index contributed by atoms with van der Waals surface area (Å²) in [6.45, 7) is 2.39. The number of rotatable bonds is 6. The van der Waals surface area contributed by atoms with Crippen LogP contribution in [0.3, 0.4) is 0 Å². The van der Waals surface area contributed by atoms with Crippen LogP contribution < -0.4 is 19.7 Å². The van der Waals surface area contributed by atoms with Gasteiger partial charge in [0, 0.05) is 16.3 Å². The van der Waals surface area contributed by atoms with Crippen molar-refractivity contribution < 1.29 is 19.1 Å². The lowest BCUT2D eigenvalue weighted by atomic mass is 10.1. The van der Waals surface area contributed by atoms with Gasteiger partial charge in [-0.3, -0.25) is 9.59 Å². The number of fused-ring (bicyclic) bond motifs is 1. The molecular formula is C24H21ClN2O4. The molecule has 0 saturated heterocycles. The number of hydrogen-bond acceptors (Lipinski definition) is 4. The third-order valence-electron chi connectivity index (χ3n) is 4.86. The van der Waals surface area contributed by atoms with Crippen LogP contribution in [0.1, 0.15) is 17.3 Å². The number of benzene rings is 3. The fraction of sp³-hybridized carbons (Fsp3) is 0.167. The highest BCUT2D eigenvalue weighted by atomic mass is 35.5. The third kappa shape index (κ3) is 4.81. The standard InChI is InChI=1S/C24H21ClN2O4/c1-16-24(29)27(13-14-30-20-5-3-2-4-6-20)21-15-19(11-12-22(21)31-16)26-23(28)17-7-9-18(25)10-8-17/h2-12,15-16H,13-14H2,1H3,(H,26,28). The molecule has 7 heteroatoms. The molecular weight excluding hydrogens is 416 g/mol. The van der Waals surface area contributed by atoms with Gasteiger partial charge in [-0.05, 0) is 61.5 Å². The Morgan fingerprint density at radius 3 is 2.58 bits per heavy atom. The summed E-state index contributed by atoms with van der Waals surface area (Å²) in [6, 6.07) is 21.3. The highest BCUT2D eigenvalue weighted by molar-refractivity contribution is 6.30. The average molecular weight is 437 g/mol. The molecule has 1 N–H and O–H groups in total. The molecule has 0 bridgehead atoms. The normalized spacial score (nSPS) is 15.1. The SMILES string of the molecule is CC1Oc2ccc(NC(=O)c3ccc(Cl)cc3)cc2N(CCOc2ccccc2)C1=O. The predicted octanol–water partition coefficient (Wildman–Crippen LogP) is 4.79. The Morgan fingerprint density at radius 1 is 1.10 bits per heavy atom. The Bertz CT molecular complexity index is 1090. The molecule has 1 aliphatic rings. The van der Waals surface area contributed by atoms with E-state index in [-0.39, 0.29) is 11.8 Å². The second kappa shape index (κ2) is 9.10. The molecule has 0 aliphatic carbocycles. The van der Waals surface area contributed by atoms with Gasteiger partial charge < -0.3 is 19.7 Å². The molecule has 3 aromatic rings. The Kier molecular flexibility index (Phi) is 6.09. The molecule has 1 aliphatic heterocycles. The lowest BCUT2D eigenvalue weighted by Gasteiger charge is -2.33. The van der Waals surface area contributed by atoms with Crippen molar-refractivity contribution in [2.45, 2.75) is 13.0 Å². The molecule has 4 rings (SSSR count). The van der Waals surface area contributed by atoms with E-state index in [4.69, 9.17) is 21.1 Å². The Hall–Kier alpha value is -3.51. The van der Waals surface area contributed by atoms with Gasteiger partial charge in [0.25, 0.3) is 11.8 Å². The molecule has 158 valence electrons. The van der Waals surface area contributed by atoms with Crippen LogP contribution in [0.25, 0.3) is 0 Å². The summed E-state index contributed by atoms with van der Waals surface area (Å²) in [5.74, 6) is 0.883. The number of nitrogens with zero attached hydrogens (tertiary/aromatic N) is 1. The van der Waals surface area contributed by atoms with Gasteiger partial charge in [-0.15, -0.1) is 0 Å². The molecule has 1 unspecified atom stereocenters. The van der Waals surface area contributed by atoms with Crippen molar-refractivity contribution in [3.63, 3.8) is 0 Å².